The maximum atomic E-state index is 12.6. The van der Waals surface area contributed by atoms with Crippen molar-refractivity contribution >= 4 is 0 Å². The Labute approximate surface area is 67.5 Å². The van der Waals surface area contributed by atoms with E-state index in [0.717, 1.165) is 0 Å². The molecule has 0 bridgehead atoms. The van der Waals surface area contributed by atoms with Gasteiger partial charge in [0.05, 0.1) is 6.61 Å². The Bertz CT molecular complexity index is 132. The lowest BCUT2D eigenvalue weighted by Crippen LogP contribution is -2.42. The number of halogens is 4. The molecule has 0 spiro atoms. The summed E-state index contributed by atoms with van der Waals surface area (Å²) in [6, 6.07) is 0. The van der Waals surface area contributed by atoms with Crippen molar-refractivity contribution in [3.63, 3.8) is 0 Å². The summed E-state index contributed by atoms with van der Waals surface area (Å²) >= 11 is 0. The molecule has 0 fully saturated rings. The second-order valence-corrected chi connectivity index (χ2v) is 2.45. The van der Waals surface area contributed by atoms with Crippen LogP contribution in [0.2, 0.25) is 0 Å². The molecule has 0 aromatic rings. The summed E-state index contributed by atoms with van der Waals surface area (Å²) < 4.78 is 56.5. The minimum absolute atomic E-state index is 0.352. The van der Waals surface area contributed by atoms with E-state index in [0.29, 0.717) is 6.92 Å². The van der Waals surface area contributed by atoms with E-state index in [-0.39, 0.29) is 6.79 Å². The van der Waals surface area contributed by atoms with Gasteiger partial charge in [-0.15, -0.1) is 0 Å². The third-order valence-electron chi connectivity index (χ3n) is 1.17. The van der Waals surface area contributed by atoms with Crippen LogP contribution in [0.15, 0.2) is 0 Å². The largest absolute Gasteiger partial charge is 0.424 e. The summed E-state index contributed by atoms with van der Waals surface area (Å²) in [7, 11) is 1.24. The van der Waals surface area contributed by atoms with Crippen LogP contribution >= 0.6 is 0 Å². The molecule has 0 aliphatic rings. The first kappa shape index (κ1) is 11.6. The monoisotopic (exact) mass is 190 g/mol. The smallest absolute Gasteiger partial charge is 0.359 e. The standard InChI is InChI=1S/C6H10F4O2/c1-5(7,6(8,9)10)3-12-4-11-2/h3-4H2,1-2H3. The molecule has 0 aliphatic carbocycles. The molecule has 0 aliphatic heterocycles. The zero-order valence-electron chi connectivity index (χ0n) is 6.74. The van der Waals surface area contributed by atoms with Gasteiger partial charge in [0.2, 0.25) is 5.67 Å². The van der Waals surface area contributed by atoms with Crippen molar-refractivity contribution in [2.75, 3.05) is 20.5 Å². The van der Waals surface area contributed by atoms with E-state index < -0.39 is 18.5 Å². The zero-order chi connectivity index (χ0) is 9.83. The van der Waals surface area contributed by atoms with Crippen LogP contribution in [0.1, 0.15) is 6.92 Å². The van der Waals surface area contributed by atoms with Gasteiger partial charge in [0.15, 0.2) is 0 Å². The molecular formula is C6H10F4O2. The summed E-state index contributed by atoms with van der Waals surface area (Å²) in [5.41, 5.74) is -3.31. The van der Waals surface area contributed by atoms with Crippen LogP contribution in [0.4, 0.5) is 17.6 Å². The summed E-state index contributed by atoms with van der Waals surface area (Å²) in [5.74, 6) is 0. The quantitative estimate of drug-likeness (QED) is 0.383. The Hall–Kier alpha value is -0.360. The molecule has 74 valence electrons. The second kappa shape index (κ2) is 4.04. The van der Waals surface area contributed by atoms with E-state index in [1.807, 2.05) is 0 Å². The van der Waals surface area contributed by atoms with Crippen LogP contribution in [0.3, 0.4) is 0 Å². The molecular weight excluding hydrogens is 180 g/mol. The van der Waals surface area contributed by atoms with Gasteiger partial charge < -0.3 is 9.47 Å². The topological polar surface area (TPSA) is 18.5 Å². The Kier molecular flexibility index (Phi) is 3.92. The molecule has 1 unspecified atom stereocenters. The number of methoxy groups -OCH3 is 1. The van der Waals surface area contributed by atoms with Gasteiger partial charge in [-0.1, -0.05) is 0 Å². The highest BCUT2D eigenvalue weighted by atomic mass is 19.4. The third kappa shape index (κ3) is 3.36. The first-order valence-electron chi connectivity index (χ1n) is 3.13. The molecule has 1 atom stereocenters. The number of hydrogen-bond acceptors (Lipinski definition) is 2. The van der Waals surface area contributed by atoms with Gasteiger partial charge in [-0.05, 0) is 6.92 Å². The molecule has 0 heterocycles. The van der Waals surface area contributed by atoms with Crippen molar-refractivity contribution < 1.29 is 27.0 Å². The highest BCUT2D eigenvalue weighted by Gasteiger charge is 2.52. The van der Waals surface area contributed by atoms with E-state index in [4.69, 9.17) is 0 Å². The van der Waals surface area contributed by atoms with Gasteiger partial charge in [0, 0.05) is 7.11 Å². The van der Waals surface area contributed by atoms with Crippen LogP contribution in [-0.2, 0) is 9.47 Å². The van der Waals surface area contributed by atoms with Crippen LogP contribution in [0.5, 0.6) is 0 Å². The second-order valence-electron chi connectivity index (χ2n) is 2.45. The van der Waals surface area contributed by atoms with E-state index in [9.17, 15) is 17.6 Å². The summed E-state index contributed by atoms with van der Waals surface area (Å²) in [6.07, 6.45) is -4.90. The number of rotatable bonds is 4. The van der Waals surface area contributed by atoms with Crippen molar-refractivity contribution in [3.05, 3.63) is 0 Å². The van der Waals surface area contributed by atoms with Crippen molar-refractivity contribution in [1.82, 2.24) is 0 Å². The van der Waals surface area contributed by atoms with Gasteiger partial charge in [-0.25, -0.2) is 4.39 Å². The predicted molar refractivity (Wildman–Crippen MR) is 33.4 cm³/mol. The lowest BCUT2D eigenvalue weighted by atomic mass is 10.1. The van der Waals surface area contributed by atoms with E-state index in [1.54, 1.807) is 0 Å². The van der Waals surface area contributed by atoms with Gasteiger partial charge in [-0.3, -0.25) is 0 Å². The van der Waals surface area contributed by atoms with E-state index >= 15 is 0 Å². The summed E-state index contributed by atoms with van der Waals surface area (Å²) in [6.45, 7) is -0.984. The lowest BCUT2D eigenvalue weighted by molar-refractivity contribution is -0.244. The first-order valence-corrected chi connectivity index (χ1v) is 3.13. The minimum Gasteiger partial charge on any atom is -0.359 e. The van der Waals surface area contributed by atoms with Gasteiger partial charge >= 0.3 is 6.18 Å². The van der Waals surface area contributed by atoms with Crippen LogP contribution in [-0.4, -0.2) is 32.4 Å². The van der Waals surface area contributed by atoms with Crippen LogP contribution in [0.25, 0.3) is 0 Å². The molecule has 0 saturated carbocycles. The molecule has 2 nitrogen and oxygen atoms in total. The fourth-order valence-electron chi connectivity index (χ4n) is 0.399. The Balaban J connectivity index is 3.88. The maximum absolute atomic E-state index is 12.6. The third-order valence-corrected chi connectivity index (χ3v) is 1.17. The Morgan fingerprint density at radius 3 is 2.00 bits per heavy atom. The van der Waals surface area contributed by atoms with Crippen molar-refractivity contribution in [1.29, 1.82) is 0 Å². The van der Waals surface area contributed by atoms with Crippen LogP contribution < -0.4 is 0 Å². The lowest BCUT2D eigenvalue weighted by Gasteiger charge is -2.22. The molecule has 12 heavy (non-hydrogen) atoms. The molecule has 0 radical (unpaired) electrons. The average molecular weight is 190 g/mol. The number of hydrogen-bond donors (Lipinski definition) is 0. The van der Waals surface area contributed by atoms with E-state index in [1.165, 1.54) is 7.11 Å². The fourth-order valence-corrected chi connectivity index (χ4v) is 0.399. The Morgan fingerprint density at radius 1 is 1.17 bits per heavy atom. The number of alkyl halides is 4. The summed E-state index contributed by atoms with van der Waals surface area (Å²) in [5, 5.41) is 0. The van der Waals surface area contributed by atoms with Crippen molar-refractivity contribution in [2.24, 2.45) is 0 Å². The molecule has 0 aromatic heterocycles. The molecule has 6 heteroatoms. The van der Waals surface area contributed by atoms with Gasteiger partial charge in [-0.2, -0.15) is 13.2 Å². The molecule has 0 amide bonds. The molecule has 0 N–H and O–H groups in total. The normalized spacial score (nSPS) is 17.5. The van der Waals surface area contributed by atoms with Gasteiger partial charge in [0.25, 0.3) is 0 Å². The average Bonchev–Trinajstić information content (AvgIpc) is 1.85. The maximum Gasteiger partial charge on any atom is 0.424 e. The molecule has 0 aromatic carbocycles. The van der Waals surface area contributed by atoms with Crippen molar-refractivity contribution in [2.45, 2.75) is 18.8 Å². The number of ether oxygens (including phenoxy) is 2. The SMILES string of the molecule is COCOCC(C)(F)C(F)(F)F. The zero-order valence-corrected chi connectivity index (χ0v) is 6.74. The molecule has 0 saturated heterocycles. The Morgan fingerprint density at radius 2 is 1.67 bits per heavy atom. The molecule has 0 rings (SSSR count). The predicted octanol–water partition coefficient (Wildman–Crippen LogP) is 1.90. The summed E-state index contributed by atoms with van der Waals surface area (Å²) in [4.78, 5) is 0. The highest BCUT2D eigenvalue weighted by molar-refractivity contribution is 4.81. The van der Waals surface area contributed by atoms with Gasteiger partial charge in [0.1, 0.15) is 6.79 Å². The van der Waals surface area contributed by atoms with E-state index in [2.05, 4.69) is 9.47 Å². The fraction of sp³-hybridized carbons (Fsp3) is 1.00. The van der Waals surface area contributed by atoms with Crippen molar-refractivity contribution in [3.8, 4) is 0 Å². The minimum atomic E-state index is -4.90. The van der Waals surface area contributed by atoms with Crippen LogP contribution in [0, 0.1) is 0 Å². The first-order chi connectivity index (χ1) is 5.31. The highest BCUT2D eigenvalue weighted by Crippen LogP contribution is 2.33.